The average molecular weight is 361 g/mol. The molecule has 1 aromatic rings. The minimum Gasteiger partial charge on any atom is -0.429 e. The van der Waals surface area contributed by atoms with Gasteiger partial charge in [0.25, 0.3) is 0 Å². The number of carbonyl (C=O) groups is 1. The smallest absolute Gasteiger partial charge is 0.429 e. The van der Waals surface area contributed by atoms with Gasteiger partial charge >= 0.3 is 6.16 Å². The maximum Gasteiger partial charge on any atom is 0.509 e. The van der Waals surface area contributed by atoms with E-state index in [1.165, 1.54) is 18.6 Å². The lowest BCUT2D eigenvalue weighted by molar-refractivity contribution is -0.0758. The van der Waals surface area contributed by atoms with Gasteiger partial charge in [0.1, 0.15) is 18.0 Å². The Morgan fingerprint density at radius 3 is 2.54 bits per heavy atom. The molecule has 3 saturated heterocycles. The summed E-state index contributed by atoms with van der Waals surface area (Å²) < 4.78 is 25.2. The number of carbonyl (C=O) groups excluding carboxylic acids is 1. The van der Waals surface area contributed by atoms with Crippen molar-refractivity contribution in [2.75, 3.05) is 19.6 Å². The highest BCUT2D eigenvalue weighted by molar-refractivity contribution is 5.61. The van der Waals surface area contributed by atoms with E-state index in [2.05, 4.69) is 4.90 Å². The van der Waals surface area contributed by atoms with Crippen LogP contribution in [0.1, 0.15) is 56.6 Å². The molecule has 4 nitrogen and oxygen atoms in total. The van der Waals surface area contributed by atoms with Crippen molar-refractivity contribution >= 4 is 6.16 Å². The fourth-order valence-electron chi connectivity index (χ4n) is 4.86. The number of piperidine rings is 3. The summed E-state index contributed by atoms with van der Waals surface area (Å²) in [5.41, 5.74) is 0.739. The van der Waals surface area contributed by atoms with Gasteiger partial charge in [0.15, 0.2) is 0 Å². The van der Waals surface area contributed by atoms with Crippen LogP contribution in [0.4, 0.5) is 9.18 Å². The van der Waals surface area contributed by atoms with E-state index in [-0.39, 0.29) is 17.8 Å². The molecule has 5 heteroatoms. The first-order valence-corrected chi connectivity index (χ1v) is 10.0. The van der Waals surface area contributed by atoms with Crippen molar-refractivity contribution in [2.45, 2.75) is 57.2 Å². The van der Waals surface area contributed by atoms with E-state index in [1.807, 2.05) is 6.07 Å². The van der Waals surface area contributed by atoms with Gasteiger partial charge in [0, 0.05) is 12.5 Å². The van der Waals surface area contributed by atoms with Gasteiger partial charge in [-0.2, -0.15) is 0 Å². The van der Waals surface area contributed by atoms with Gasteiger partial charge in [0.2, 0.25) is 0 Å². The fourth-order valence-corrected chi connectivity index (χ4v) is 4.86. The van der Waals surface area contributed by atoms with Crippen molar-refractivity contribution in [3.8, 4) is 0 Å². The summed E-state index contributed by atoms with van der Waals surface area (Å²) in [4.78, 5) is 14.9. The first-order chi connectivity index (χ1) is 12.7. The van der Waals surface area contributed by atoms with E-state index in [0.717, 1.165) is 63.7 Å². The van der Waals surface area contributed by atoms with Crippen LogP contribution in [0.3, 0.4) is 0 Å². The van der Waals surface area contributed by atoms with E-state index >= 15 is 0 Å². The Morgan fingerprint density at radius 2 is 1.88 bits per heavy atom. The second kappa shape index (κ2) is 7.95. The third-order valence-electron chi connectivity index (χ3n) is 6.32. The van der Waals surface area contributed by atoms with Gasteiger partial charge < -0.3 is 9.47 Å². The van der Waals surface area contributed by atoms with Gasteiger partial charge in [-0.05, 0) is 62.4 Å². The monoisotopic (exact) mass is 361 g/mol. The number of hydrogen-bond acceptors (Lipinski definition) is 4. The number of benzene rings is 1. The minimum atomic E-state index is -0.594. The normalized spacial score (nSPS) is 30.0. The molecule has 3 heterocycles. The quantitative estimate of drug-likeness (QED) is 0.729. The Labute approximate surface area is 154 Å². The van der Waals surface area contributed by atoms with Crippen LogP contribution in [0.5, 0.6) is 0 Å². The van der Waals surface area contributed by atoms with Crippen LogP contribution in [0.2, 0.25) is 0 Å². The molecule has 2 atom stereocenters. The van der Waals surface area contributed by atoms with Crippen LogP contribution in [-0.2, 0) is 9.47 Å². The largest absolute Gasteiger partial charge is 0.509 e. The number of rotatable bonds is 4. The number of hydrogen-bond donors (Lipinski definition) is 0. The molecule has 4 fully saturated rings. The van der Waals surface area contributed by atoms with Gasteiger partial charge in [-0.3, -0.25) is 4.90 Å². The van der Waals surface area contributed by atoms with Gasteiger partial charge in [-0.15, -0.1) is 0 Å². The Bertz CT molecular complexity index is 623. The maximum atomic E-state index is 13.7. The molecular formula is C21H28FNO3. The molecule has 3 aliphatic heterocycles. The topological polar surface area (TPSA) is 38.8 Å². The molecule has 26 heavy (non-hydrogen) atoms. The molecule has 0 spiro atoms. The molecule has 2 bridgehead atoms. The lowest BCUT2D eigenvalue weighted by Gasteiger charge is -2.43. The highest BCUT2D eigenvalue weighted by Crippen LogP contribution is 2.38. The summed E-state index contributed by atoms with van der Waals surface area (Å²) in [5, 5.41) is 0. The van der Waals surface area contributed by atoms with Crippen molar-refractivity contribution in [1.82, 2.24) is 4.90 Å². The lowest BCUT2D eigenvalue weighted by atomic mass is 9.82. The van der Waals surface area contributed by atoms with Crippen LogP contribution in [0.25, 0.3) is 0 Å². The van der Waals surface area contributed by atoms with Crippen LogP contribution >= 0.6 is 0 Å². The molecule has 0 N–H and O–H groups in total. The first-order valence-electron chi connectivity index (χ1n) is 10.0. The zero-order valence-electron chi connectivity index (χ0n) is 15.2. The Morgan fingerprint density at radius 1 is 1.12 bits per heavy atom. The third-order valence-corrected chi connectivity index (χ3v) is 6.32. The molecule has 142 valence electrons. The molecular weight excluding hydrogens is 333 g/mol. The maximum absolute atomic E-state index is 13.7. The zero-order valence-corrected chi connectivity index (χ0v) is 15.2. The second-order valence-electron chi connectivity index (χ2n) is 8.04. The Hall–Kier alpha value is -1.62. The number of fused-ring (bicyclic) bond motifs is 3. The second-order valence-corrected chi connectivity index (χ2v) is 8.04. The zero-order chi connectivity index (χ0) is 17.9. The number of nitrogens with zero attached hydrogens (tertiary/aromatic N) is 1. The van der Waals surface area contributed by atoms with Crippen LogP contribution in [0.15, 0.2) is 24.3 Å². The van der Waals surface area contributed by atoms with Crippen LogP contribution in [0, 0.1) is 17.7 Å². The molecule has 0 aromatic heterocycles. The van der Waals surface area contributed by atoms with E-state index in [1.54, 1.807) is 6.07 Å². The first kappa shape index (κ1) is 17.8. The Kier molecular flexibility index (Phi) is 5.44. The van der Waals surface area contributed by atoms with Crippen LogP contribution < -0.4 is 0 Å². The SMILES string of the molecule is O=C(OC1CN2CCC1CC2)O[C@@H](c1cccc(F)c1)C1CCCCC1. The van der Waals surface area contributed by atoms with Crippen molar-refractivity contribution in [3.05, 3.63) is 35.6 Å². The summed E-state index contributed by atoms with van der Waals surface area (Å²) >= 11 is 0. The fraction of sp³-hybridized carbons (Fsp3) is 0.667. The highest BCUT2D eigenvalue weighted by atomic mass is 19.1. The van der Waals surface area contributed by atoms with Crippen LogP contribution in [-0.4, -0.2) is 36.8 Å². The summed E-state index contributed by atoms with van der Waals surface area (Å²) in [6, 6.07) is 6.44. The summed E-state index contributed by atoms with van der Waals surface area (Å²) in [7, 11) is 0. The van der Waals surface area contributed by atoms with E-state index in [4.69, 9.17) is 9.47 Å². The average Bonchev–Trinajstić information content (AvgIpc) is 2.68. The third kappa shape index (κ3) is 4.03. The molecule has 1 unspecified atom stereocenters. The molecule has 1 aliphatic carbocycles. The van der Waals surface area contributed by atoms with Gasteiger partial charge in [-0.25, -0.2) is 9.18 Å². The molecule has 0 radical (unpaired) electrons. The van der Waals surface area contributed by atoms with Crippen molar-refractivity contribution in [1.29, 1.82) is 0 Å². The standard InChI is InChI=1S/C21H28FNO3/c22-18-8-4-7-17(13-18)20(16-5-2-1-3-6-16)26-21(24)25-19-14-23-11-9-15(19)10-12-23/h4,7-8,13,15-16,19-20H,1-3,5-6,9-12,14H2/t19?,20-/m1/s1. The van der Waals surface area contributed by atoms with Gasteiger partial charge in [0.05, 0.1) is 0 Å². The van der Waals surface area contributed by atoms with Crippen molar-refractivity contribution in [3.63, 3.8) is 0 Å². The van der Waals surface area contributed by atoms with E-state index < -0.39 is 12.3 Å². The summed E-state index contributed by atoms with van der Waals surface area (Å²) in [6.07, 6.45) is 6.61. The lowest BCUT2D eigenvalue weighted by Crippen LogP contribution is -2.52. The van der Waals surface area contributed by atoms with Gasteiger partial charge in [-0.1, -0.05) is 31.4 Å². The highest BCUT2D eigenvalue weighted by Gasteiger charge is 2.38. The predicted molar refractivity (Wildman–Crippen MR) is 96.2 cm³/mol. The number of ether oxygens (including phenoxy) is 2. The molecule has 1 saturated carbocycles. The Balaban J connectivity index is 1.44. The molecule has 5 rings (SSSR count). The van der Waals surface area contributed by atoms with E-state index in [0.29, 0.717) is 5.92 Å². The molecule has 4 aliphatic rings. The van der Waals surface area contributed by atoms with E-state index in [9.17, 15) is 9.18 Å². The van der Waals surface area contributed by atoms with Crippen molar-refractivity contribution in [2.24, 2.45) is 11.8 Å². The summed E-state index contributed by atoms with van der Waals surface area (Å²) in [5.74, 6) is 0.400. The summed E-state index contributed by atoms with van der Waals surface area (Å²) in [6.45, 7) is 3.02. The molecule has 0 amide bonds. The van der Waals surface area contributed by atoms with Crippen molar-refractivity contribution < 1.29 is 18.7 Å². The number of halogens is 1. The predicted octanol–water partition coefficient (Wildman–Crippen LogP) is 4.69. The molecule has 1 aromatic carbocycles. The minimum absolute atomic E-state index is 0.0653.